The molecule has 6 nitrogen and oxygen atoms in total. The highest BCUT2D eigenvalue weighted by atomic mass is 16.6. The summed E-state index contributed by atoms with van der Waals surface area (Å²) in [5.74, 6) is 1.19. The van der Waals surface area contributed by atoms with Crippen LogP contribution in [0.3, 0.4) is 0 Å². The van der Waals surface area contributed by atoms with Gasteiger partial charge in [-0.25, -0.2) is 9.59 Å². The number of ether oxygens (including phenoxy) is 4. The molecule has 0 aromatic heterocycles. The first kappa shape index (κ1) is 35.2. The van der Waals surface area contributed by atoms with Crippen molar-refractivity contribution in [2.24, 2.45) is 11.8 Å². The average molecular weight is 607 g/mol. The van der Waals surface area contributed by atoms with E-state index in [1.807, 2.05) is 36.4 Å². The second kappa shape index (κ2) is 17.3. The normalized spacial score (nSPS) is 13.1. The van der Waals surface area contributed by atoms with Gasteiger partial charge in [-0.1, -0.05) is 129 Å². The molecule has 242 valence electrons. The Labute approximate surface area is 264 Å². The van der Waals surface area contributed by atoms with Crippen molar-refractivity contribution in [2.75, 3.05) is 26.4 Å². The Bertz CT molecular complexity index is 1350. The minimum atomic E-state index is -0.378. The fourth-order valence-corrected chi connectivity index (χ4v) is 5.64. The Balaban J connectivity index is 1.92. The van der Waals surface area contributed by atoms with Gasteiger partial charge in [0.2, 0.25) is 0 Å². The highest BCUT2D eigenvalue weighted by Gasteiger charge is 2.25. The van der Waals surface area contributed by atoms with Gasteiger partial charge in [-0.05, 0) is 35.7 Å². The number of rotatable bonds is 18. The Kier molecular flexibility index (Phi) is 13.8. The molecule has 3 aromatic rings. The Morgan fingerprint density at radius 1 is 0.659 bits per heavy atom. The van der Waals surface area contributed by atoms with E-state index in [0.717, 1.165) is 78.5 Å². The third kappa shape index (κ3) is 9.61. The van der Waals surface area contributed by atoms with Crippen LogP contribution in [0.25, 0.3) is 21.5 Å². The first-order chi connectivity index (χ1) is 21.1. The molecule has 2 unspecified atom stereocenters. The monoisotopic (exact) mass is 606 g/mol. The van der Waals surface area contributed by atoms with Crippen molar-refractivity contribution in [3.05, 3.63) is 48.0 Å². The number of unbranched alkanes of at least 4 members (excludes halogenated alkanes) is 2. The maximum absolute atomic E-state index is 12.9. The minimum absolute atomic E-state index is 0.188. The van der Waals surface area contributed by atoms with Gasteiger partial charge in [0.15, 0.2) is 13.2 Å². The first-order valence-electron chi connectivity index (χ1n) is 16.7. The molecular formula is C38H54O6. The van der Waals surface area contributed by atoms with E-state index in [9.17, 15) is 9.59 Å². The molecule has 0 heterocycles. The van der Waals surface area contributed by atoms with Crippen molar-refractivity contribution in [2.45, 2.75) is 105 Å². The van der Waals surface area contributed by atoms with Gasteiger partial charge < -0.3 is 18.9 Å². The van der Waals surface area contributed by atoms with Gasteiger partial charge >= 0.3 is 11.9 Å². The maximum Gasteiger partial charge on any atom is 0.344 e. The van der Waals surface area contributed by atoms with E-state index in [4.69, 9.17) is 18.9 Å². The maximum atomic E-state index is 12.9. The van der Waals surface area contributed by atoms with E-state index in [1.54, 1.807) is 0 Å². The highest BCUT2D eigenvalue weighted by Crippen LogP contribution is 2.46. The van der Waals surface area contributed by atoms with E-state index in [-0.39, 0.29) is 30.6 Å². The molecular weight excluding hydrogens is 552 g/mol. The largest absolute Gasteiger partial charge is 0.481 e. The molecule has 3 aromatic carbocycles. The molecule has 0 fully saturated rings. The van der Waals surface area contributed by atoms with Crippen molar-refractivity contribution < 1.29 is 28.5 Å². The molecule has 0 aliphatic carbocycles. The predicted molar refractivity (Wildman–Crippen MR) is 180 cm³/mol. The molecule has 44 heavy (non-hydrogen) atoms. The molecule has 0 N–H and O–H groups in total. The van der Waals surface area contributed by atoms with Gasteiger partial charge in [0.05, 0.1) is 13.2 Å². The number of benzene rings is 3. The summed E-state index contributed by atoms with van der Waals surface area (Å²) in [6.07, 6.45) is 8.58. The van der Waals surface area contributed by atoms with Crippen LogP contribution in [0.1, 0.15) is 105 Å². The van der Waals surface area contributed by atoms with Gasteiger partial charge in [0.1, 0.15) is 11.5 Å². The average Bonchev–Trinajstić information content (AvgIpc) is 3.02. The summed E-state index contributed by atoms with van der Waals surface area (Å²) < 4.78 is 23.9. The molecule has 3 rings (SSSR count). The summed E-state index contributed by atoms with van der Waals surface area (Å²) in [5.41, 5.74) is 0.835. The minimum Gasteiger partial charge on any atom is -0.481 e. The number of carbonyl (C=O) groups is 2. The van der Waals surface area contributed by atoms with Crippen LogP contribution >= 0.6 is 0 Å². The van der Waals surface area contributed by atoms with E-state index >= 15 is 0 Å². The molecule has 0 saturated carbocycles. The van der Waals surface area contributed by atoms with Gasteiger partial charge in [-0.2, -0.15) is 0 Å². The molecule has 6 heteroatoms. The fourth-order valence-electron chi connectivity index (χ4n) is 5.64. The Hall–Kier alpha value is -3.28. The van der Waals surface area contributed by atoms with Crippen molar-refractivity contribution >= 4 is 33.5 Å². The number of carbonyl (C=O) groups excluding carboxylic acids is 2. The smallest absolute Gasteiger partial charge is 0.344 e. The zero-order valence-electron chi connectivity index (χ0n) is 28.1. The van der Waals surface area contributed by atoms with E-state index in [0.29, 0.717) is 36.5 Å². The first-order valence-corrected chi connectivity index (χ1v) is 16.7. The molecule has 0 aliphatic rings. The third-order valence-corrected chi connectivity index (χ3v) is 8.48. The van der Waals surface area contributed by atoms with Crippen LogP contribution in [-0.4, -0.2) is 38.4 Å². The molecule has 0 amide bonds. The van der Waals surface area contributed by atoms with Crippen molar-refractivity contribution in [1.29, 1.82) is 0 Å². The number of fused-ring (bicyclic) bond motifs is 2. The van der Waals surface area contributed by atoms with Crippen LogP contribution in [0.2, 0.25) is 0 Å². The van der Waals surface area contributed by atoms with Crippen LogP contribution < -0.4 is 9.47 Å². The molecule has 0 radical (unpaired) electrons. The summed E-state index contributed by atoms with van der Waals surface area (Å²) in [7, 11) is 0. The van der Waals surface area contributed by atoms with Gasteiger partial charge in [-0.15, -0.1) is 0 Å². The van der Waals surface area contributed by atoms with Crippen LogP contribution in [0, 0.1) is 11.8 Å². The zero-order chi connectivity index (χ0) is 32.1. The van der Waals surface area contributed by atoms with E-state index < -0.39 is 0 Å². The summed E-state index contributed by atoms with van der Waals surface area (Å²) in [4.78, 5) is 25.7. The lowest BCUT2D eigenvalue weighted by atomic mass is 9.82. The fraction of sp³-hybridized carbons (Fsp3) is 0.579. The van der Waals surface area contributed by atoms with Crippen molar-refractivity contribution in [1.82, 2.24) is 0 Å². The second-order valence-electron chi connectivity index (χ2n) is 13.0. The SMILES string of the molecule is CCCCC(CC)COC(=O)COc1c2ccccc2c(OCC(=O)OCC(CC)CCCC)c2c(C(C)(C)C)cccc12. The van der Waals surface area contributed by atoms with Crippen molar-refractivity contribution in [3.63, 3.8) is 0 Å². The molecule has 2 atom stereocenters. The molecule has 0 spiro atoms. The number of esters is 2. The zero-order valence-corrected chi connectivity index (χ0v) is 28.1. The summed E-state index contributed by atoms with van der Waals surface area (Å²) >= 11 is 0. The lowest BCUT2D eigenvalue weighted by Crippen LogP contribution is -2.20. The van der Waals surface area contributed by atoms with E-state index in [1.165, 1.54) is 0 Å². The lowest BCUT2D eigenvalue weighted by molar-refractivity contribution is -0.148. The third-order valence-electron chi connectivity index (χ3n) is 8.48. The highest BCUT2D eigenvalue weighted by molar-refractivity contribution is 6.12. The molecule has 0 saturated heterocycles. The predicted octanol–water partition coefficient (Wildman–Crippen LogP) is 9.57. The standard InChI is InChI=1S/C38H54O6/c1-8-12-17-27(10-3)23-41-33(39)25-43-36-29-19-14-15-20-30(29)37(35-31(36)21-16-22-32(35)38(5,6)7)44-26-34(40)42-24-28(11-4)18-13-9-2/h14-16,19-22,27-28H,8-13,17-18,23-26H2,1-7H3. The van der Waals surface area contributed by atoms with Crippen LogP contribution in [0.4, 0.5) is 0 Å². The van der Waals surface area contributed by atoms with Crippen LogP contribution in [0.5, 0.6) is 11.5 Å². The summed E-state index contributed by atoms with van der Waals surface area (Å²) in [6.45, 7) is 15.5. The topological polar surface area (TPSA) is 71.1 Å². The lowest BCUT2D eigenvalue weighted by Gasteiger charge is -2.25. The quantitative estimate of drug-likeness (QED) is 0.106. The Morgan fingerprint density at radius 3 is 1.61 bits per heavy atom. The summed E-state index contributed by atoms with van der Waals surface area (Å²) in [6, 6.07) is 13.9. The van der Waals surface area contributed by atoms with Gasteiger partial charge in [0.25, 0.3) is 0 Å². The van der Waals surface area contributed by atoms with Gasteiger partial charge in [0, 0.05) is 21.5 Å². The van der Waals surface area contributed by atoms with Crippen molar-refractivity contribution in [3.8, 4) is 11.5 Å². The van der Waals surface area contributed by atoms with E-state index in [2.05, 4.69) is 54.5 Å². The number of hydrogen-bond acceptors (Lipinski definition) is 6. The van der Waals surface area contributed by atoms with Crippen LogP contribution in [0.15, 0.2) is 42.5 Å². The Morgan fingerprint density at radius 2 is 1.14 bits per heavy atom. The van der Waals surface area contributed by atoms with Crippen LogP contribution in [-0.2, 0) is 24.5 Å². The number of hydrogen-bond donors (Lipinski definition) is 0. The molecule has 0 bridgehead atoms. The second-order valence-corrected chi connectivity index (χ2v) is 13.0. The summed E-state index contributed by atoms with van der Waals surface area (Å²) in [5, 5.41) is 3.32. The van der Waals surface area contributed by atoms with Gasteiger partial charge in [-0.3, -0.25) is 0 Å². The molecule has 0 aliphatic heterocycles.